The van der Waals surface area contributed by atoms with Crippen LogP contribution < -0.4 is 4.72 Å². The molecule has 1 aliphatic heterocycles. The highest BCUT2D eigenvalue weighted by atomic mass is 32.2. The highest BCUT2D eigenvalue weighted by molar-refractivity contribution is 7.91. The van der Waals surface area contributed by atoms with Gasteiger partial charge in [-0.25, -0.2) is 17.9 Å². The van der Waals surface area contributed by atoms with Gasteiger partial charge in [0.1, 0.15) is 4.21 Å². The molecule has 1 aromatic rings. The zero-order valence-corrected chi connectivity index (χ0v) is 12.5. The van der Waals surface area contributed by atoms with Gasteiger partial charge in [-0.15, -0.1) is 11.3 Å². The van der Waals surface area contributed by atoms with Crippen molar-refractivity contribution >= 4 is 27.3 Å². The number of carboxylic acids is 1. The van der Waals surface area contributed by atoms with Gasteiger partial charge in [0, 0.05) is 18.5 Å². The second-order valence-corrected chi connectivity index (χ2v) is 7.54. The number of hydrogen-bond donors (Lipinski definition) is 2. The van der Waals surface area contributed by atoms with E-state index < -0.39 is 16.0 Å². The van der Waals surface area contributed by atoms with Gasteiger partial charge in [0.05, 0.1) is 11.7 Å². The van der Waals surface area contributed by atoms with Gasteiger partial charge in [-0.1, -0.05) is 0 Å². The summed E-state index contributed by atoms with van der Waals surface area (Å²) in [6.07, 6.45) is 3.89. The van der Waals surface area contributed by atoms with Crippen LogP contribution in [0.3, 0.4) is 0 Å². The number of thiophene rings is 1. The molecule has 2 heterocycles. The molecule has 1 unspecified atom stereocenters. The molecular formula is C12H17NO5S2. The molecular weight excluding hydrogens is 302 g/mol. The van der Waals surface area contributed by atoms with Gasteiger partial charge in [-0.3, -0.25) is 0 Å². The Morgan fingerprint density at radius 2 is 2.30 bits per heavy atom. The summed E-state index contributed by atoms with van der Waals surface area (Å²) >= 11 is 0.908. The lowest BCUT2D eigenvalue weighted by molar-refractivity contribution is 0.0123. The summed E-state index contributed by atoms with van der Waals surface area (Å²) in [7, 11) is -3.62. The Bertz CT molecular complexity index is 560. The summed E-state index contributed by atoms with van der Waals surface area (Å²) in [4.78, 5) is 10.7. The summed E-state index contributed by atoms with van der Waals surface area (Å²) in [5, 5.41) is 10.1. The summed E-state index contributed by atoms with van der Waals surface area (Å²) in [6, 6.07) is 1.17. The molecule has 1 atom stereocenters. The van der Waals surface area contributed by atoms with Gasteiger partial charge in [0.15, 0.2) is 0 Å². The fourth-order valence-electron chi connectivity index (χ4n) is 2.03. The Labute approximate surface area is 121 Å². The Morgan fingerprint density at radius 1 is 1.50 bits per heavy atom. The lowest BCUT2D eigenvalue weighted by Gasteiger charge is -2.22. The van der Waals surface area contributed by atoms with E-state index in [0.29, 0.717) is 13.0 Å². The van der Waals surface area contributed by atoms with Crippen molar-refractivity contribution in [1.29, 1.82) is 0 Å². The molecule has 0 aromatic carbocycles. The number of hydrogen-bond acceptors (Lipinski definition) is 5. The van der Waals surface area contributed by atoms with E-state index in [1.54, 1.807) is 0 Å². The maximum atomic E-state index is 12.0. The number of carboxylic acid groups (broad SMARTS) is 1. The second-order valence-electron chi connectivity index (χ2n) is 4.63. The van der Waals surface area contributed by atoms with E-state index in [4.69, 9.17) is 9.84 Å². The maximum Gasteiger partial charge on any atom is 0.336 e. The largest absolute Gasteiger partial charge is 0.478 e. The summed E-state index contributed by atoms with van der Waals surface area (Å²) in [6.45, 7) is 1.04. The van der Waals surface area contributed by atoms with Crippen molar-refractivity contribution in [2.75, 3.05) is 13.2 Å². The van der Waals surface area contributed by atoms with E-state index in [-0.39, 0.29) is 15.9 Å². The average molecular weight is 319 g/mol. The standard InChI is InChI=1S/C12H17NO5S2/c14-12(15)9-7-11(19-8-9)20(16,17)13-5-4-10-3-1-2-6-18-10/h7-8,10,13H,1-6H2,(H,14,15). The number of ether oxygens (including phenoxy) is 1. The maximum absolute atomic E-state index is 12.0. The topological polar surface area (TPSA) is 92.7 Å². The molecule has 0 aliphatic carbocycles. The summed E-state index contributed by atoms with van der Waals surface area (Å²) < 4.78 is 32.0. The highest BCUT2D eigenvalue weighted by Gasteiger charge is 2.20. The van der Waals surface area contributed by atoms with Crippen molar-refractivity contribution in [3.8, 4) is 0 Å². The summed E-state index contributed by atoms with van der Waals surface area (Å²) in [5.41, 5.74) is -0.00834. The van der Waals surface area contributed by atoms with Crippen molar-refractivity contribution in [1.82, 2.24) is 4.72 Å². The predicted molar refractivity (Wildman–Crippen MR) is 74.7 cm³/mol. The van der Waals surface area contributed by atoms with Gasteiger partial charge in [0.2, 0.25) is 10.0 Å². The minimum absolute atomic E-state index is 0.00834. The minimum atomic E-state index is -3.62. The molecule has 1 aliphatic rings. The van der Waals surface area contributed by atoms with Gasteiger partial charge < -0.3 is 9.84 Å². The molecule has 6 nitrogen and oxygen atoms in total. The quantitative estimate of drug-likeness (QED) is 0.832. The molecule has 0 saturated carbocycles. The van der Waals surface area contributed by atoms with Gasteiger partial charge in [-0.2, -0.15) is 0 Å². The first-order valence-electron chi connectivity index (χ1n) is 6.42. The Balaban J connectivity index is 1.88. The van der Waals surface area contributed by atoms with E-state index >= 15 is 0 Å². The van der Waals surface area contributed by atoms with Crippen molar-refractivity contribution < 1.29 is 23.1 Å². The number of aromatic carboxylic acids is 1. The third-order valence-corrected chi connectivity index (χ3v) is 6.02. The van der Waals surface area contributed by atoms with Crippen LogP contribution in [0, 0.1) is 0 Å². The molecule has 2 rings (SSSR count). The van der Waals surface area contributed by atoms with E-state index in [9.17, 15) is 13.2 Å². The van der Waals surface area contributed by atoms with Crippen LogP contribution in [0.1, 0.15) is 36.0 Å². The smallest absolute Gasteiger partial charge is 0.336 e. The molecule has 1 saturated heterocycles. The lowest BCUT2D eigenvalue weighted by atomic mass is 10.1. The average Bonchev–Trinajstić information content (AvgIpc) is 2.90. The Hall–Kier alpha value is -0.960. The molecule has 20 heavy (non-hydrogen) atoms. The first-order chi connectivity index (χ1) is 9.49. The third-order valence-electron chi connectivity index (χ3n) is 3.12. The Morgan fingerprint density at radius 3 is 2.90 bits per heavy atom. The van der Waals surface area contributed by atoms with Crippen LogP contribution in [0.2, 0.25) is 0 Å². The molecule has 0 radical (unpaired) electrons. The van der Waals surface area contributed by atoms with E-state index in [1.807, 2.05) is 0 Å². The molecule has 2 N–H and O–H groups in total. The monoisotopic (exact) mass is 319 g/mol. The van der Waals surface area contributed by atoms with E-state index in [0.717, 1.165) is 37.2 Å². The number of carbonyl (C=O) groups is 1. The molecule has 0 amide bonds. The van der Waals surface area contributed by atoms with Crippen LogP contribution in [-0.2, 0) is 14.8 Å². The SMILES string of the molecule is O=C(O)c1csc(S(=O)(=O)NCCC2CCCCO2)c1. The third kappa shape index (κ3) is 4.02. The van der Waals surface area contributed by atoms with Crippen LogP contribution in [0.4, 0.5) is 0 Å². The second kappa shape index (κ2) is 6.66. The molecule has 112 valence electrons. The van der Waals surface area contributed by atoms with Crippen LogP contribution in [0.15, 0.2) is 15.7 Å². The number of nitrogens with one attached hydrogen (secondary N) is 1. The fraction of sp³-hybridized carbons (Fsp3) is 0.583. The van der Waals surface area contributed by atoms with Crippen LogP contribution in [0.25, 0.3) is 0 Å². The zero-order chi connectivity index (χ0) is 14.6. The van der Waals surface area contributed by atoms with Gasteiger partial charge in [-0.05, 0) is 31.7 Å². The van der Waals surface area contributed by atoms with E-state index in [1.165, 1.54) is 11.4 Å². The van der Waals surface area contributed by atoms with Crippen LogP contribution >= 0.6 is 11.3 Å². The normalized spacial score (nSPS) is 19.9. The van der Waals surface area contributed by atoms with E-state index in [2.05, 4.69) is 4.72 Å². The Kier molecular flexibility index (Phi) is 5.14. The van der Waals surface area contributed by atoms with Crippen molar-refractivity contribution in [3.05, 3.63) is 17.0 Å². The molecule has 1 aromatic heterocycles. The molecule has 0 bridgehead atoms. The molecule has 1 fully saturated rings. The van der Waals surface area contributed by atoms with Gasteiger partial charge in [0.25, 0.3) is 0 Å². The highest BCUT2D eigenvalue weighted by Crippen LogP contribution is 2.20. The van der Waals surface area contributed by atoms with Crippen molar-refractivity contribution in [3.63, 3.8) is 0 Å². The minimum Gasteiger partial charge on any atom is -0.478 e. The fourth-order valence-corrected chi connectivity index (χ4v) is 4.28. The first kappa shape index (κ1) is 15.4. The number of sulfonamides is 1. The molecule has 8 heteroatoms. The van der Waals surface area contributed by atoms with Crippen LogP contribution in [0.5, 0.6) is 0 Å². The summed E-state index contributed by atoms with van der Waals surface area (Å²) in [5.74, 6) is -1.13. The number of rotatable bonds is 6. The lowest BCUT2D eigenvalue weighted by Crippen LogP contribution is -2.29. The molecule has 0 spiro atoms. The predicted octanol–water partition coefficient (Wildman–Crippen LogP) is 1.68. The van der Waals surface area contributed by atoms with Crippen molar-refractivity contribution in [2.45, 2.75) is 36.0 Å². The van der Waals surface area contributed by atoms with Crippen molar-refractivity contribution in [2.24, 2.45) is 0 Å². The first-order valence-corrected chi connectivity index (χ1v) is 8.78. The van der Waals surface area contributed by atoms with Crippen LogP contribution in [-0.4, -0.2) is 38.7 Å². The van der Waals surface area contributed by atoms with Gasteiger partial charge >= 0.3 is 5.97 Å². The zero-order valence-electron chi connectivity index (χ0n) is 10.9.